The van der Waals surface area contributed by atoms with Crippen LogP contribution in [0.2, 0.25) is 0 Å². The lowest BCUT2D eigenvalue weighted by Crippen LogP contribution is -2.33. The molecule has 0 heterocycles. The van der Waals surface area contributed by atoms with Crippen molar-refractivity contribution < 1.29 is 0 Å². The Morgan fingerprint density at radius 2 is 1.09 bits per heavy atom. The van der Waals surface area contributed by atoms with Gasteiger partial charge in [0.15, 0.2) is 0 Å². The molecule has 0 aromatic carbocycles. The molecule has 0 bridgehead atoms. The molecule has 1 rings (SSSR count). The van der Waals surface area contributed by atoms with Crippen molar-refractivity contribution in [3.8, 4) is 0 Å². The summed E-state index contributed by atoms with van der Waals surface area (Å²) < 4.78 is 0. The van der Waals surface area contributed by atoms with Crippen LogP contribution in [0.5, 0.6) is 0 Å². The summed E-state index contributed by atoms with van der Waals surface area (Å²) >= 11 is 0. The summed E-state index contributed by atoms with van der Waals surface area (Å²) in [7, 11) is 0. The van der Waals surface area contributed by atoms with E-state index in [1.165, 1.54) is 6.42 Å². The third-order valence-electron chi connectivity index (χ3n) is 4.83. The molecule has 0 amide bonds. The summed E-state index contributed by atoms with van der Waals surface area (Å²) in [6.07, 6.45) is 1.40. The van der Waals surface area contributed by atoms with Crippen LogP contribution >= 0.6 is 0 Å². The monoisotopic (exact) mass is 154 g/mol. The van der Waals surface area contributed by atoms with Crippen LogP contribution in [0.4, 0.5) is 0 Å². The van der Waals surface area contributed by atoms with Crippen molar-refractivity contribution in [3.63, 3.8) is 0 Å². The molecule has 2 atom stereocenters. The van der Waals surface area contributed by atoms with Gasteiger partial charge in [-0.05, 0) is 29.1 Å². The zero-order chi connectivity index (χ0) is 8.86. The molecule has 0 nitrogen and oxygen atoms in total. The predicted molar refractivity (Wildman–Crippen MR) is 50.5 cm³/mol. The molecule has 1 saturated carbocycles. The van der Waals surface area contributed by atoms with Gasteiger partial charge in [0.05, 0.1) is 0 Å². The normalized spacial score (nSPS) is 40.9. The Morgan fingerprint density at radius 3 is 1.18 bits per heavy atom. The SMILES string of the molecule is CC1CC(C)C(C)(C)C1(C)C. The van der Waals surface area contributed by atoms with E-state index in [1.54, 1.807) is 0 Å². The molecule has 1 aliphatic carbocycles. The van der Waals surface area contributed by atoms with Crippen LogP contribution in [-0.2, 0) is 0 Å². The second-order valence-electron chi connectivity index (χ2n) is 5.48. The van der Waals surface area contributed by atoms with Gasteiger partial charge in [-0.2, -0.15) is 0 Å². The molecule has 0 N–H and O–H groups in total. The molecule has 0 aromatic rings. The van der Waals surface area contributed by atoms with E-state index in [0.29, 0.717) is 10.8 Å². The first-order chi connectivity index (χ1) is 4.80. The Bertz CT molecular complexity index is 135. The van der Waals surface area contributed by atoms with Gasteiger partial charge in [-0.25, -0.2) is 0 Å². The number of hydrogen-bond acceptors (Lipinski definition) is 0. The summed E-state index contributed by atoms with van der Waals surface area (Å²) in [5.74, 6) is 1.76. The highest BCUT2D eigenvalue weighted by Gasteiger charge is 2.50. The molecular weight excluding hydrogens is 132 g/mol. The molecule has 0 radical (unpaired) electrons. The van der Waals surface area contributed by atoms with Crippen LogP contribution in [0.25, 0.3) is 0 Å². The fourth-order valence-corrected chi connectivity index (χ4v) is 2.39. The summed E-state index contributed by atoms with van der Waals surface area (Å²) in [5, 5.41) is 0. The van der Waals surface area contributed by atoms with Crippen molar-refractivity contribution in [1.29, 1.82) is 0 Å². The maximum absolute atomic E-state index is 2.42. The summed E-state index contributed by atoms with van der Waals surface area (Å²) in [6, 6.07) is 0. The van der Waals surface area contributed by atoms with Crippen molar-refractivity contribution in [2.45, 2.75) is 48.0 Å². The van der Waals surface area contributed by atoms with E-state index >= 15 is 0 Å². The Kier molecular flexibility index (Phi) is 1.85. The van der Waals surface area contributed by atoms with Gasteiger partial charge in [0.25, 0.3) is 0 Å². The molecule has 0 aliphatic heterocycles. The van der Waals surface area contributed by atoms with Crippen LogP contribution in [0.1, 0.15) is 48.0 Å². The third-order valence-corrected chi connectivity index (χ3v) is 4.83. The van der Waals surface area contributed by atoms with Gasteiger partial charge in [-0.15, -0.1) is 0 Å². The zero-order valence-corrected chi connectivity index (χ0v) is 8.86. The maximum Gasteiger partial charge on any atom is -0.0275 e. The van der Waals surface area contributed by atoms with Gasteiger partial charge in [-0.1, -0.05) is 41.5 Å². The quantitative estimate of drug-likeness (QED) is 0.499. The van der Waals surface area contributed by atoms with E-state index in [0.717, 1.165) is 11.8 Å². The van der Waals surface area contributed by atoms with Gasteiger partial charge in [0.2, 0.25) is 0 Å². The van der Waals surface area contributed by atoms with Crippen LogP contribution in [0.15, 0.2) is 0 Å². The second-order valence-corrected chi connectivity index (χ2v) is 5.48. The lowest BCUT2D eigenvalue weighted by Gasteiger charge is -2.40. The lowest BCUT2D eigenvalue weighted by molar-refractivity contribution is 0.0887. The Morgan fingerprint density at radius 1 is 0.818 bits per heavy atom. The van der Waals surface area contributed by atoms with Gasteiger partial charge < -0.3 is 0 Å². The Hall–Kier alpha value is 0. The van der Waals surface area contributed by atoms with Crippen molar-refractivity contribution >= 4 is 0 Å². The smallest absolute Gasteiger partial charge is 0.0275 e. The molecule has 1 aliphatic rings. The highest BCUT2D eigenvalue weighted by atomic mass is 14.5. The zero-order valence-electron chi connectivity index (χ0n) is 8.86. The summed E-state index contributed by atoms with van der Waals surface area (Å²) in [4.78, 5) is 0. The van der Waals surface area contributed by atoms with Crippen LogP contribution in [0.3, 0.4) is 0 Å². The van der Waals surface area contributed by atoms with Gasteiger partial charge in [0.1, 0.15) is 0 Å². The minimum Gasteiger partial charge on any atom is -0.0620 e. The average Bonchev–Trinajstić information content (AvgIpc) is 1.95. The van der Waals surface area contributed by atoms with Gasteiger partial charge in [-0.3, -0.25) is 0 Å². The van der Waals surface area contributed by atoms with Gasteiger partial charge in [0, 0.05) is 0 Å². The molecule has 0 heteroatoms. The van der Waals surface area contributed by atoms with Crippen molar-refractivity contribution in [3.05, 3.63) is 0 Å². The minimum atomic E-state index is 0.520. The molecule has 0 spiro atoms. The van der Waals surface area contributed by atoms with E-state index in [4.69, 9.17) is 0 Å². The standard InChI is InChI=1S/C11H22/c1-8-7-9(2)11(5,6)10(8,3)4/h8-9H,7H2,1-6H3. The van der Waals surface area contributed by atoms with Crippen LogP contribution in [-0.4, -0.2) is 0 Å². The minimum absolute atomic E-state index is 0.520. The van der Waals surface area contributed by atoms with E-state index in [1.807, 2.05) is 0 Å². The topological polar surface area (TPSA) is 0 Å². The van der Waals surface area contributed by atoms with Crippen molar-refractivity contribution in [2.24, 2.45) is 22.7 Å². The predicted octanol–water partition coefficient (Wildman–Crippen LogP) is 3.71. The first-order valence-corrected chi connectivity index (χ1v) is 4.80. The second kappa shape index (κ2) is 2.24. The van der Waals surface area contributed by atoms with E-state index in [2.05, 4.69) is 41.5 Å². The molecular formula is C11H22. The maximum atomic E-state index is 2.42. The molecule has 2 unspecified atom stereocenters. The van der Waals surface area contributed by atoms with Crippen molar-refractivity contribution in [2.75, 3.05) is 0 Å². The summed E-state index contributed by atoms with van der Waals surface area (Å²) in [5.41, 5.74) is 1.04. The average molecular weight is 154 g/mol. The van der Waals surface area contributed by atoms with Crippen molar-refractivity contribution in [1.82, 2.24) is 0 Å². The molecule has 0 aromatic heterocycles. The molecule has 0 saturated heterocycles. The Balaban J connectivity index is 2.95. The van der Waals surface area contributed by atoms with E-state index in [-0.39, 0.29) is 0 Å². The van der Waals surface area contributed by atoms with E-state index < -0.39 is 0 Å². The third kappa shape index (κ3) is 1.02. The first kappa shape index (κ1) is 9.09. The highest BCUT2D eigenvalue weighted by Crippen LogP contribution is 2.58. The fraction of sp³-hybridized carbons (Fsp3) is 1.00. The summed E-state index contributed by atoms with van der Waals surface area (Å²) in [6.45, 7) is 14.5. The van der Waals surface area contributed by atoms with Gasteiger partial charge >= 0.3 is 0 Å². The first-order valence-electron chi connectivity index (χ1n) is 4.80. The Labute approximate surface area is 71.4 Å². The lowest BCUT2D eigenvalue weighted by atomic mass is 9.65. The fourth-order valence-electron chi connectivity index (χ4n) is 2.39. The van der Waals surface area contributed by atoms with Crippen LogP contribution < -0.4 is 0 Å². The molecule has 11 heavy (non-hydrogen) atoms. The number of rotatable bonds is 0. The van der Waals surface area contributed by atoms with Crippen LogP contribution in [0, 0.1) is 22.7 Å². The van der Waals surface area contributed by atoms with E-state index in [9.17, 15) is 0 Å². The molecule has 66 valence electrons. The highest BCUT2D eigenvalue weighted by molar-refractivity contribution is 4.99. The largest absolute Gasteiger partial charge is 0.0620 e. The number of hydrogen-bond donors (Lipinski definition) is 0. The molecule has 1 fully saturated rings.